The van der Waals surface area contributed by atoms with Crippen molar-refractivity contribution >= 4 is 128 Å². The van der Waals surface area contributed by atoms with E-state index >= 15 is 0 Å². The van der Waals surface area contributed by atoms with E-state index in [-0.39, 0.29) is 39.2 Å². The quantitative estimate of drug-likeness (QED) is 0.154. The summed E-state index contributed by atoms with van der Waals surface area (Å²) in [7, 11) is 0. The third-order valence-corrected chi connectivity index (χ3v) is 20.7. The standard InChI is InChI=1S/C84H87BN4S/c1-79(2,3)52-26-36-58(37-27-52)86(59-38-28-53(29-39-59)80(4,5)6)62-44-45-67-73(50-62)87(60-40-30-54(31-41-60)81(7,8)9)71-23-21-24-72-75(71)85(67)68-51-66-63-22-19-20-25-74(63)90-78(66)77(76(68)88(72)61-42-32-55(33-43-61)82(10,11)12)89-69-46-34-56(83(13,14)15)48-64(69)65-49-57(84(16,17)18)35-47-70(65)89/h19-51H,1-18H3. The topological polar surface area (TPSA) is 14.7 Å². The maximum Gasteiger partial charge on any atom is 0.252 e. The highest BCUT2D eigenvalue weighted by atomic mass is 32.1. The first kappa shape index (κ1) is 59.3. The van der Waals surface area contributed by atoms with Gasteiger partial charge in [0.1, 0.15) is 0 Å². The fourth-order valence-electron chi connectivity index (χ4n) is 14.2. The summed E-state index contributed by atoms with van der Waals surface area (Å²) >= 11 is 1.93. The molecule has 2 aliphatic rings. The fraction of sp³-hybridized carbons (Fsp3) is 0.286. The van der Waals surface area contributed by atoms with Gasteiger partial charge in [-0.2, -0.15) is 0 Å². The van der Waals surface area contributed by atoms with Crippen LogP contribution in [0.15, 0.2) is 200 Å². The summed E-state index contributed by atoms with van der Waals surface area (Å²) in [5, 5.41) is 5.13. The van der Waals surface area contributed by atoms with Crippen LogP contribution in [0.5, 0.6) is 0 Å². The maximum absolute atomic E-state index is 2.68. The van der Waals surface area contributed by atoms with Gasteiger partial charge in [0.15, 0.2) is 0 Å². The van der Waals surface area contributed by atoms with E-state index in [2.05, 4.69) is 344 Å². The van der Waals surface area contributed by atoms with Gasteiger partial charge in [-0.05, 0) is 185 Å². The van der Waals surface area contributed by atoms with Gasteiger partial charge in [-0.3, -0.25) is 0 Å². The Hall–Kier alpha value is -8.32. The molecule has 0 spiro atoms. The molecule has 0 unspecified atom stereocenters. The summed E-state index contributed by atoms with van der Waals surface area (Å²) in [6.07, 6.45) is 0. The summed E-state index contributed by atoms with van der Waals surface area (Å²) in [4.78, 5) is 7.72. The molecule has 0 bridgehead atoms. The van der Waals surface area contributed by atoms with Crippen LogP contribution in [-0.4, -0.2) is 11.3 Å². The molecule has 0 fully saturated rings. The van der Waals surface area contributed by atoms with E-state index in [1.165, 1.54) is 120 Å². The third kappa shape index (κ3) is 9.86. The highest BCUT2D eigenvalue weighted by Gasteiger charge is 2.46. The smallest absolute Gasteiger partial charge is 0.252 e. The number of benzene rings is 10. The molecule has 4 nitrogen and oxygen atoms in total. The van der Waals surface area contributed by atoms with Gasteiger partial charge < -0.3 is 19.3 Å². The number of hydrogen-bond donors (Lipinski definition) is 0. The number of aromatic nitrogens is 1. The molecule has 0 saturated heterocycles. The van der Waals surface area contributed by atoms with E-state index in [0.717, 1.165) is 28.4 Å². The highest BCUT2D eigenvalue weighted by Crippen LogP contribution is 2.53. The second kappa shape index (κ2) is 20.6. The molecule has 0 radical (unpaired) electrons. The van der Waals surface area contributed by atoms with Gasteiger partial charge in [0.25, 0.3) is 6.71 Å². The average molecular weight is 1200 g/mol. The third-order valence-electron chi connectivity index (χ3n) is 19.5. The van der Waals surface area contributed by atoms with Crippen LogP contribution in [0.25, 0.3) is 47.7 Å². The van der Waals surface area contributed by atoms with Crippen LogP contribution in [-0.2, 0) is 32.5 Å². The lowest BCUT2D eigenvalue weighted by Crippen LogP contribution is -2.61. The van der Waals surface area contributed by atoms with E-state index in [4.69, 9.17) is 0 Å². The number of nitrogens with zero attached hydrogens (tertiary/aromatic N) is 4. The van der Waals surface area contributed by atoms with Gasteiger partial charge in [0.2, 0.25) is 0 Å². The van der Waals surface area contributed by atoms with Crippen LogP contribution in [0.1, 0.15) is 158 Å². The Morgan fingerprint density at radius 3 is 1.22 bits per heavy atom. The molecule has 452 valence electrons. The number of anilines is 9. The van der Waals surface area contributed by atoms with Crippen molar-refractivity contribution in [2.75, 3.05) is 14.7 Å². The predicted molar refractivity (Wildman–Crippen MR) is 395 cm³/mol. The van der Waals surface area contributed by atoms with Crippen molar-refractivity contribution in [3.05, 3.63) is 234 Å². The summed E-state index contributed by atoms with van der Waals surface area (Å²) in [6, 6.07) is 78.4. The minimum atomic E-state index is -0.161. The minimum Gasteiger partial charge on any atom is -0.311 e. The SMILES string of the molecule is CC(C)(C)c1ccc(N(c2ccc(C(C)(C)C)cc2)c2ccc3c(c2)N(c2ccc(C(C)(C)C)cc2)c2cccc4c2B3c2cc3c(sc5ccccc53)c(-n3c5ccc(C(C)(C)C)cc5c5cc(C(C)(C)C)ccc53)c2N4c2ccc(C(C)(C)C)cc2)cc1. The van der Waals surface area contributed by atoms with Crippen molar-refractivity contribution in [2.45, 2.75) is 157 Å². The monoisotopic (exact) mass is 1190 g/mol. The molecule has 4 heterocycles. The number of thiophene rings is 1. The minimum absolute atomic E-state index is 0.00837. The molecule has 14 rings (SSSR count). The van der Waals surface area contributed by atoms with Gasteiger partial charge in [-0.15, -0.1) is 11.3 Å². The molecule has 0 amide bonds. The summed E-state index contributed by atoms with van der Waals surface area (Å²) in [5.74, 6) is 0. The second-order valence-electron chi connectivity index (χ2n) is 32.0. The molecule has 90 heavy (non-hydrogen) atoms. The molecule has 0 saturated carbocycles. The van der Waals surface area contributed by atoms with E-state index in [1.54, 1.807) is 0 Å². The fourth-order valence-corrected chi connectivity index (χ4v) is 15.4. The van der Waals surface area contributed by atoms with Crippen molar-refractivity contribution in [1.29, 1.82) is 0 Å². The maximum atomic E-state index is 2.68. The van der Waals surface area contributed by atoms with Crippen LogP contribution < -0.4 is 31.1 Å². The number of hydrogen-bond acceptors (Lipinski definition) is 4. The van der Waals surface area contributed by atoms with Crippen molar-refractivity contribution in [2.24, 2.45) is 0 Å². The Morgan fingerprint density at radius 1 is 0.322 bits per heavy atom. The normalized spacial score (nSPS) is 13.8. The van der Waals surface area contributed by atoms with Gasteiger partial charge in [0, 0.05) is 71.7 Å². The Kier molecular flexibility index (Phi) is 13.6. The molecule has 0 aliphatic carbocycles. The predicted octanol–water partition coefficient (Wildman–Crippen LogP) is 22.5. The van der Waals surface area contributed by atoms with Crippen LogP contribution in [0.3, 0.4) is 0 Å². The number of rotatable bonds is 6. The largest absolute Gasteiger partial charge is 0.311 e. The zero-order chi connectivity index (χ0) is 63.5. The van der Waals surface area contributed by atoms with Crippen molar-refractivity contribution < 1.29 is 0 Å². The zero-order valence-electron chi connectivity index (χ0n) is 56.3. The van der Waals surface area contributed by atoms with Crippen molar-refractivity contribution in [3.8, 4) is 5.69 Å². The molecular weight excluding hydrogens is 1110 g/mol. The molecule has 12 aromatic rings. The van der Waals surface area contributed by atoms with E-state index in [1.807, 2.05) is 11.3 Å². The molecule has 6 heteroatoms. The van der Waals surface area contributed by atoms with Gasteiger partial charge in [0.05, 0.1) is 27.1 Å². The van der Waals surface area contributed by atoms with Gasteiger partial charge in [-0.1, -0.05) is 222 Å². The molecule has 0 N–H and O–H groups in total. The van der Waals surface area contributed by atoms with Crippen molar-refractivity contribution in [3.63, 3.8) is 0 Å². The first-order valence-electron chi connectivity index (χ1n) is 32.6. The lowest BCUT2D eigenvalue weighted by Gasteiger charge is -2.45. The molecular formula is C84H87BN4S. The number of fused-ring (bicyclic) bond motifs is 10. The Balaban J connectivity index is 1.12. The summed E-state index contributed by atoms with van der Waals surface area (Å²) in [5.41, 5.74) is 25.6. The van der Waals surface area contributed by atoms with Crippen LogP contribution in [0.2, 0.25) is 0 Å². The Bertz CT molecular complexity index is 4680. The van der Waals surface area contributed by atoms with Gasteiger partial charge in [-0.25, -0.2) is 0 Å². The zero-order valence-corrected chi connectivity index (χ0v) is 57.1. The van der Waals surface area contributed by atoms with Crippen LogP contribution >= 0.6 is 11.3 Å². The first-order valence-corrected chi connectivity index (χ1v) is 33.4. The van der Waals surface area contributed by atoms with E-state index in [0.29, 0.717) is 0 Å². The molecule has 10 aromatic carbocycles. The summed E-state index contributed by atoms with van der Waals surface area (Å²) < 4.78 is 5.24. The first-order chi connectivity index (χ1) is 42.4. The average Bonchev–Trinajstić information content (AvgIpc) is 1.15. The Labute approximate surface area is 539 Å². The lowest BCUT2D eigenvalue weighted by atomic mass is 9.33. The Morgan fingerprint density at radius 2 is 0.744 bits per heavy atom. The highest BCUT2D eigenvalue weighted by molar-refractivity contribution is 7.26. The van der Waals surface area contributed by atoms with Crippen molar-refractivity contribution in [1.82, 2.24) is 4.57 Å². The molecule has 2 aliphatic heterocycles. The van der Waals surface area contributed by atoms with E-state index in [9.17, 15) is 0 Å². The van der Waals surface area contributed by atoms with E-state index < -0.39 is 0 Å². The second-order valence-corrected chi connectivity index (χ2v) is 33.1. The summed E-state index contributed by atoms with van der Waals surface area (Å²) in [6.45, 7) is 41.6. The van der Waals surface area contributed by atoms with Crippen LogP contribution in [0.4, 0.5) is 51.2 Å². The molecule has 0 atom stereocenters. The molecule has 2 aromatic heterocycles. The van der Waals surface area contributed by atoms with Gasteiger partial charge >= 0.3 is 0 Å². The lowest BCUT2D eigenvalue weighted by molar-refractivity contribution is 0.590. The van der Waals surface area contributed by atoms with Crippen LogP contribution in [0, 0.1) is 0 Å².